The second kappa shape index (κ2) is 11.5. The van der Waals surface area contributed by atoms with E-state index in [9.17, 15) is 0 Å². The third-order valence-corrected chi connectivity index (χ3v) is 2.10. The topological polar surface area (TPSA) is 0 Å². The Kier molecular flexibility index (Phi) is 11.0. The predicted octanol–water partition coefficient (Wildman–Crippen LogP) is 4.87. The lowest BCUT2D eigenvalue weighted by atomic mass is 10.1. The van der Waals surface area contributed by atoms with Crippen LogP contribution in [0.25, 0.3) is 0 Å². The third kappa shape index (κ3) is 11.5. The lowest BCUT2D eigenvalue weighted by Crippen LogP contribution is -1.74. The molecule has 0 heterocycles. The van der Waals surface area contributed by atoms with Gasteiger partial charge in [0.1, 0.15) is 0 Å². The second-order valence-corrected chi connectivity index (χ2v) is 3.47. The zero-order valence-corrected chi connectivity index (χ0v) is 9.26. The first kappa shape index (κ1) is 12.5. The van der Waals surface area contributed by atoms with Gasteiger partial charge in [0.15, 0.2) is 0 Å². The van der Waals surface area contributed by atoms with Gasteiger partial charge in [-0.25, -0.2) is 0 Å². The average molecular weight is 180 g/mol. The Labute approximate surface area is 83.7 Å². The maximum absolute atomic E-state index is 2.33. The van der Waals surface area contributed by atoms with Gasteiger partial charge in [-0.3, -0.25) is 0 Å². The molecule has 0 aliphatic rings. The fourth-order valence-corrected chi connectivity index (χ4v) is 1.27. The summed E-state index contributed by atoms with van der Waals surface area (Å²) in [4.78, 5) is 0. The Balaban J connectivity index is 2.99. The molecule has 0 unspecified atom stereocenters. The van der Waals surface area contributed by atoms with Crippen LogP contribution in [0.5, 0.6) is 0 Å². The van der Waals surface area contributed by atoms with Crippen LogP contribution >= 0.6 is 0 Å². The molecule has 0 saturated heterocycles. The van der Waals surface area contributed by atoms with Crippen molar-refractivity contribution in [3.63, 3.8) is 0 Å². The minimum Gasteiger partial charge on any atom is -0.0917 e. The Bertz CT molecular complexity index is 131. The fraction of sp³-hybridized carbons (Fsp3) is 0.692. The van der Waals surface area contributed by atoms with E-state index in [0.717, 1.165) is 0 Å². The number of hydrogen-bond acceptors (Lipinski definition) is 0. The molecule has 0 aromatic carbocycles. The monoisotopic (exact) mass is 180 g/mol. The Morgan fingerprint density at radius 3 is 2.00 bits per heavy atom. The average Bonchev–Trinajstić information content (AvgIpc) is 2.16. The smallest absolute Gasteiger partial charge is 0.0351 e. The van der Waals surface area contributed by atoms with Crippen molar-refractivity contribution in [2.24, 2.45) is 0 Å². The normalized spacial score (nSPS) is 11.8. The molecule has 0 fully saturated rings. The van der Waals surface area contributed by atoms with E-state index >= 15 is 0 Å². The first-order valence-electron chi connectivity index (χ1n) is 5.68. The van der Waals surface area contributed by atoms with E-state index in [-0.39, 0.29) is 0 Å². The molecule has 0 N–H and O–H groups in total. The van der Waals surface area contributed by atoms with E-state index in [2.05, 4.69) is 38.2 Å². The molecular weight excluding hydrogens is 156 g/mol. The second-order valence-electron chi connectivity index (χ2n) is 3.47. The van der Waals surface area contributed by atoms with Crippen molar-refractivity contribution in [2.75, 3.05) is 0 Å². The highest BCUT2D eigenvalue weighted by Gasteiger charge is 1.84. The maximum Gasteiger partial charge on any atom is -0.0351 e. The lowest BCUT2D eigenvalue weighted by molar-refractivity contribution is 0.695. The van der Waals surface area contributed by atoms with E-state index < -0.39 is 0 Å². The van der Waals surface area contributed by atoms with E-state index in [1.54, 1.807) is 0 Å². The van der Waals surface area contributed by atoms with Crippen molar-refractivity contribution in [3.8, 4) is 0 Å². The molecule has 0 nitrogen and oxygen atoms in total. The first-order chi connectivity index (χ1) is 6.41. The van der Waals surface area contributed by atoms with Crippen molar-refractivity contribution in [1.29, 1.82) is 0 Å². The van der Waals surface area contributed by atoms with Gasteiger partial charge >= 0.3 is 0 Å². The molecule has 0 aliphatic heterocycles. The van der Waals surface area contributed by atoms with Crippen molar-refractivity contribution in [2.45, 2.75) is 58.8 Å². The predicted molar refractivity (Wildman–Crippen MR) is 61.9 cm³/mol. The quantitative estimate of drug-likeness (QED) is 0.369. The zero-order valence-electron chi connectivity index (χ0n) is 9.26. The largest absolute Gasteiger partial charge is 0.0917 e. The van der Waals surface area contributed by atoms with E-state index in [1.807, 2.05) is 0 Å². The molecule has 13 heavy (non-hydrogen) atoms. The molecule has 0 heteroatoms. The summed E-state index contributed by atoms with van der Waals surface area (Å²) in [5.74, 6) is 0. The van der Waals surface area contributed by atoms with Gasteiger partial charge in [0, 0.05) is 0 Å². The van der Waals surface area contributed by atoms with Crippen molar-refractivity contribution < 1.29 is 0 Å². The molecule has 0 spiro atoms. The number of hydrogen-bond donors (Lipinski definition) is 0. The van der Waals surface area contributed by atoms with Gasteiger partial charge in [-0.2, -0.15) is 0 Å². The molecular formula is C13H24. The summed E-state index contributed by atoms with van der Waals surface area (Å²) in [5, 5.41) is 0. The van der Waals surface area contributed by atoms with Crippen LogP contribution in [-0.4, -0.2) is 0 Å². The molecule has 0 rings (SSSR count). The van der Waals surface area contributed by atoms with Crippen LogP contribution in [0.4, 0.5) is 0 Å². The van der Waals surface area contributed by atoms with Gasteiger partial charge in [0.25, 0.3) is 0 Å². The maximum atomic E-state index is 2.33. The molecule has 0 atom stereocenters. The molecule has 0 radical (unpaired) electrons. The standard InChI is InChI=1S/C13H24/c1-3-5-7-9-11-13-12-10-8-6-4-2/h3,5,8,10H,4,6-7,9,11-13H2,1-2H3. The van der Waals surface area contributed by atoms with Crippen LogP contribution < -0.4 is 0 Å². The van der Waals surface area contributed by atoms with Crippen LogP contribution in [0.3, 0.4) is 0 Å². The fourth-order valence-electron chi connectivity index (χ4n) is 1.27. The van der Waals surface area contributed by atoms with Gasteiger partial charge < -0.3 is 0 Å². The van der Waals surface area contributed by atoms with Crippen LogP contribution in [0.2, 0.25) is 0 Å². The first-order valence-corrected chi connectivity index (χ1v) is 5.68. The summed E-state index contributed by atoms with van der Waals surface area (Å²) in [6.07, 6.45) is 18.2. The van der Waals surface area contributed by atoms with Gasteiger partial charge in [0.2, 0.25) is 0 Å². The molecule has 0 aromatic heterocycles. The summed E-state index contributed by atoms with van der Waals surface area (Å²) in [7, 11) is 0. The van der Waals surface area contributed by atoms with Crippen LogP contribution in [0.1, 0.15) is 58.8 Å². The van der Waals surface area contributed by atoms with Crippen LogP contribution in [-0.2, 0) is 0 Å². The van der Waals surface area contributed by atoms with Gasteiger partial charge in [-0.05, 0) is 39.0 Å². The van der Waals surface area contributed by atoms with Crippen LogP contribution in [0.15, 0.2) is 24.3 Å². The Hall–Kier alpha value is -0.520. The summed E-state index contributed by atoms with van der Waals surface area (Å²) in [6, 6.07) is 0. The van der Waals surface area contributed by atoms with Crippen molar-refractivity contribution in [3.05, 3.63) is 24.3 Å². The highest BCUT2D eigenvalue weighted by atomic mass is 13.9. The Morgan fingerprint density at radius 2 is 1.38 bits per heavy atom. The minimum absolute atomic E-state index is 1.25. The molecule has 0 aliphatic carbocycles. The SMILES string of the molecule is CC=CCCCCCC=CCCC. The van der Waals surface area contributed by atoms with Gasteiger partial charge in [0.05, 0.1) is 0 Å². The van der Waals surface area contributed by atoms with Gasteiger partial charge in [-0.15, -0.1) is 0 Å². The van der Waals surface area contributed by atoms with Gasteiger partial charge in [-0.1, -0.05) is 44.1 Å². The summed E-state index contributed by atoms with van der Waals surface area (Å²) in [5.41, 5.74) is 0. The number of rotatable bonds is 8. The molecule has 0 aromatic rings. The van der Waals surface area contributed by atoms with E-state index in [0.29, 0.717) is 0 Å². The summed E-state index contributed by atoms with van der Waals surface area (Å²) >= 11 is 0. The lowest BCUT2D eigenvalue weighted by Gasteiger charge is -1.94. The number of allylic oxidation sites excluding steroid dienone is 4. The zero-order chi connectivity index (χ0) is 9.78. The molecule has 76 valence electrons. The Morgan fingerprint density at radius 1 is 0.769 bits per heavy atom. The van der Waals surface area contributed by atoms with Crippen molar-refractivity contribution in [1.82, 2.24) is 0 Å². The molecule has 0 bridgehead atoms. The highest BCUT2D eigenvalue weighted by molar-refractivity contribution is 4.81. The number of unbranched alkanes of at least 4 members (excludes halogenated alkanes) is 5. The molecule has 0 amide bonds. The van der Waals surface area contributed by atoms with E-state index in [4.69, 9.17) is 0 Å². The summed E-state index contributed by atoms with van der Waals surface area (Å²) in [6.45, 7) is 4.31. The highest BCUT2D eigenvalue weighted by Crippen LogP contribution is 2.04. The van der Waals surface area contributed by atoms with Crippen LogP contribution in [0, 0.1) is 0 Å². The minimum atomic E-state index is 1.25. The third-order valence-electron chi connectivity index (χ3n) is 2.10. The van der Waals surface area contributed by atoms with E-state index in [1.165, 1.54) is 44.9 Å². The molecule has 0 saturated carbocycles. The summed E-state index contributed by atoms with van der Waals surface area (Å²) < 4.78 is 0. The van der Waals surface area contributed by atoms with Crippen molar-refractivity contribution >= 4 is 0 Å².